The van der Waals surface area contributed by atoms with Crippen LogP contribution < -0.4 is 14.2 Å². The SMILES string of the molecule is COc1ccc(C(=O)c2ccc(OC(C)(C)C)cc2)cc1OC. The van der Waals surface area contributed by atoms with Crippen LogP contribution in [0, 0.1) is 0 Å². The van der Waals surface area contributed by atoms with Gasteiger partial charge in [0, 0.05) is 11.1 Å². The Morgan fingerprint density at radius 1 is 0.826 bits per heavy atom. The lowest BCUT2D eigenvalue weighted by Gasteiger charge is -2.21. The summed E-state index contributed by atoms with van der Waals surface area (Å²) in [6.45, 7) is 5.95. The summed E-state index contributed by atoms with van der Waals surface area (Å²) in [4.78, 5) is 12.6. The topological polar surface area (TPSA) is 44.8 Å². The van der Waals surface area contributed by atoms with Gasteiger partial charge in [0.25, 0.3) is 0 Å². The maximum Gasteiger partial charge on any atom is 0.193 e. The number of carbonyl (C=O) groups is 1. The molecule has 23 heavy (non-hydrogen) atoms. The zero-order chi connectivity index (χ0) is 17.0. The summed E-state index contributed by atoms with van der Waals surface area (Å²) in [7, 11) is 3.11. The van der Waals surface area contributed by atoms with Crippen molar-refractivity contribution in [2.45, 2.75) is 26.4 Å². The number of benzene rings is 2. The Kier molecular flexibility index (Phi) is 4.94. The minimum absolute atomic E-state index is 0.0757. The van der Waals surface area contributed by atoms with E-state index < -0.39 is 0 Å². The van der Waals surface area contributed by atoms with E-state index in [1.807, 2.05) is 20.8 Å². The second-order valence-corrected chi connectivity index (χ2v) is 6.14. The van der Waals surface area contributed by atoms with Gasteiger partial charge in [0.05, 0.1) is 14.2 Å². The summed E-state index contributed by atoms with van der Waals surface area (Å²) < 4.78 is 16.2. The monoisotopic (exact) mass is 314 g/mol. The van der Waals surface area contributed by atoms with Crippen LogP contribution in [-0.4, -0.2) is 25.6 Å². The molecule has 0 aliphatic carbocycles. The largest absolute Gasteiger partial charge is 0.493 e. The molecule has 0 radical (unpaired) electrons. The number of methoxy groups -OCH3 is 2. The van der Waals surface area contributed by atoms with E-state index in [1.165, 1.54) is 0 Å². The van der Waals surface area contributed by atoms with Crippen molar-refractivity contribution in [3.63, 3.8) is 0 Å². The Morgan fingerprint density at radius 3 is 1.91 bits per heavy atom. The number of rotatable bonds is 5. The zero-order valence-corrected chi connectivity index (χ0v) is 14.2. The lowest BCUT2D eigenvalue weighted by molar-refractivity contribution is 0.103. The summed E-state index contributed by atoms with van der Waals surface area (Å²) in [5.74, 6) is 1.79. The number of hydrogen-bond donors (Lipinski definition) is 0. The van der Waals surface area contributed by atoms with Crippen LogP contribution in [0.25, 0.3) is 0 Å². The Balaban J connectivity index is 2.23. The zero-order valence-electron chi connectivity index (χ0n) is 14.2. The third-order valence-corrected chi connectivity index (χ3v) is 3.19. The van der Waals surface area contributed by atoms with E-state index in [-0.39, 0.29) is 11.4 Å². The third-order valence-electron chi connectivity index (χ3n) is 3.19. The van der Waals surface area contributed by atoms with Crippen LogP contribution in [0.5, 0.6) is 17.2 Å². The van der Waals surface area contributed by atoms with Gasteiger partial charge >= 0.3 is 0 Å². The second kappa shape index (κ2) is 6.73. The van der Waals surface area contributed by atoms with Crippen molar-refractivity contribution >= 4 is 5.78 Å². The average molecular weight is 314 g/mol. The Morgan fingerprint density at radius 2 is 1.39 bits per heavy atom. The fraction of sp³-hybridized carbons (Fsp3) is 0.316. The molecule has 122 valence electrons. The standard InChI is InChI=1S/C19H22O4/c1-19(2,3)23-15-9-6-13(7-10-15)18(20)14-8-11-16(21-4)17(12-14)22-5/h6-12H,1-5H3. The van der Waals surface area contributed by atoms with Crippen molar-refractivity contribution < 1.29 is 19.0 Å². The molecule has 2 rings (SSSR count). The average Bonchev–Trinajstić information content (AvgIpc) is 2.52. The first-order valence-corrected chi connectivity index (χ1v) is 7.40. The van der Waals surface area contributed by atoms with Crippen LogP contribution in [-0.2, 0) is 0 Å². The fourth-order valence-corrected chi connectivity index (χ4v) is 2.17. The van der Waals surface area contributed by atoms with E-state index in [0.717, 1.165) is 5.75 Å². The van der Waals surface area contributed by atoms with E-state index in [2.05, 4.69) is 0 Å². The number of ketones is 1. The highest BCUT2D eigenvalue weighted by molar-refractivity contribution is 6.09. The van der Waals surface area contributed by atoms with Crippen LogP contribution in [0.2, 0.25) is 0 Å². The first-order chi connectivity index (χ1) is 10.8. The maximum atomic E-state index is 12.6. The van der Waals surface area contributed by atoms with Gasteiger partial charge < -0.3 is 14.2 Å². The molecule has 2 aromatic carbocycles. The predicted octanol–water partition coefficient (Wildman–Crippen LogP) is 4.11. The quantitative estimate of drug-likeness (QED) is 0.779. The lowest BCUT2D eigenvalue weighted by Crippen LogP contribution is -2.22. The molecule has 0 aromatic heterocycles. The van der Waals surface area contributed by atoms with E-state index in [1.54, 1.807) is 56.7 Å². The minimum Gasteiger partial charge on any atom is -0.493 e. The Hall–Kier alpha value is -2.49. The Labute approximate surface area is 137 Å². The van der Waals surface area contributed by atoms with Crippen LogP contribution >= 0.6 is 0 Å². The number of carbonyl (C=O) groups excluding carboxylic acids is 1. The summed E-state index contributed by atoms with van der Waals surface area (Å²) in [5.41, 5.74) is 0.875. The molecule has 0 aliphatic rings. The fourth-order valence-electron chi connectivity index (χ4n) is 2.17. The van der Waals surface area contributed by atoms with Crippen LogP contribution in [0.15, 0.2) is 42.5 Å². The normalized spacial score (nSPS) is 11.0. The van der Waals surface area contributed by atoms with Gasteiger partial charge in [-0.1, -0.05) is 0 Å². The maximum absolute atomic E-state index is 12.6. The van der Waals surface area contributed by atoms with Gasteiger partial charge in [-0.15, -0.1) is 0 Å². The van der Waals surface area contributed by atoms with Gasteiger partial charge in [-0.2, -0.15) is 0 Å². The molecule has 0 unspecified atom stereocenters. The third kappa shape index (κ3) is 4.25. The molecule has 0 fully saturated rings. The smallest absolute Gasteiger partial charge is 0.193 e. The molecule has 0 spiro atoms. The van der Waals surface area contributed by atoms with Crippen LogP contribution in [0.1, 0.15) is 36.7 Å². The van der Waals surface area contributed by atoms with Crippen molar-refractivity contribution in [2.24, 2.45) is 0 Å². The molecule has 0 bridgehead atoms. The van der Waals surface area contributed by atoms with E-state index >= 15 is 0 Å². The Bertz CT molecular complexity index is 682. The lowest BCUT2D eigenvalue weighted by atomic mass is 10.0. The van der Waals surface area contributed by atoms with Crippen molar-refractivity contribution in [3.8, 4) is 17.2 Å². The van der Waals surface area contributed by atoms with Crippen molar-refractivity contribution in [1.29, 1.82) is 0 Å². The van der Waals surface area contributed by atoms with Crippen LogP contribution in [0.3, 0.4) is 0 Å². The van der Waals surface area contributed by atoms with Crippen molar-refractivity contribution in [2.75, 3.05) is 14.2 Å². The van der Waals surface area contributed by atoms with Gasteiger partial charge in [-0.25, -0.2) is 0 Å². The number of hydrogen-bond acceptors (Lipinski definition) is 4. The van der Waals surface area contributed by atoms with Gasteiger partial charge in [-0.05, 0) is 63.2 Å². The molecule has 0 saturated heterocycles. The van der Waals surface area contributed by atoms with Gasteiger partial charge in [0.15, 0.2) is 17.3 Å². The highest BCUT2D eigenvalue weighted by Gasteiger charge is 2.15. The van der Waals surface area contributed by atoms with Gasteiger partial charge in [-0.3, -0.25) is 4.79 Å². The van der Waals surface area contributed by atoms with Crippen LogP contribution in [0.4, 0.5) is 0 Å². The highest BCUT2D eigenvalue weighted by Crippen LogP contribution is 2.29. The van der Waals surface area contributed by atoms with E-state index in [0.29, 0.717) is 22.6 Å². The first kappa shape index (κ1) is 16.9. The molecular weight excluding hydrogens is 292 g/mol. The summed E-state index contributed by atoms with van der Waals surface area (Å²) >= 11 is 0. The van der Waals surface area contributed by atoms with Crippen molar-refractivity contribution in [3.05, 3.63) is 53.6 Å². The molecular formula is C19H22O4. The van der Waals surface area contributed by atoms with Crippen molar-refractivity contribution in [1.82, 2.24) is 0 Å². The van der Waals surface area contributed by atoms with E-state index in [4.69, 9.17) is 14.2 Å². The van der Waals surface area contributed by atoms with E-state index in [9.17, 15) is 4.79 Å². The molecule has 0 atom stereocenters. The number of ether oxygens (including phenoxy) is 3. The summed E-state index contributed by atoms with van der Waals surface area (Å²) in [6, 6.07) is 12.3. The molecule has 0 amide bonds. The molecule has 0 saturated carbocycles. The molecule has 4 nitrogen and oxygen atoms in total. The molecule has 4 heteroatoms. The molecule has 0 N–H and O–H groups in total. The molecule has 0 aliphatic heterocycles. The predicted molar refractivity (Wildman–Crippen MR) is 89.8 cm³/mol. The second-order valence-electron chi connectivity index (χ2n) is 6.14. The van der Waals surface area contributed by atoms with Gasteiger partial charge in [0.1, 0.15) is 11.4 Å². The minimum atomic E-state index is -0.269. The summed E-state index contributed by atoms with van der Waals surface area (Å²) in [6.07, 6.45) is 0. The molecule has 0 heterocycles. The first-order valence-electron chi connectivity index (χ1n) is 7.40. The summed E-state index contributed by atoms with van der Waals surface area (Å²) in [5, 5.41) is 0. The van der Waals surface area contributed by atoms with Gasteiger partial charge in [0.2, 0.25) is 0 Å². The molecule has 2 aromatic rings. The highest BCUT2D eigenvalue weighted by atomic mass is 16.5.